The van der Waals surface area contributed by atoms with Gasteiger partial charge in [0.15, 0.2) is 0 Å². The summed E-state index contributed by atoms with van der Waals surface area (Å²) in [5.74, 6) is 0.195. The Morgan fingerprint density at radius 2 is 2.15 bits per heavy atom. The van der Waals surface area contributed by atoms with E-state index < -0.39 is 0 Å². The first kappa shape index (κ1) is 13.2. The van der Waals surface area contributed by atoms with Crippen LogP contribution in [0.25, 0.3) is 10.9 Å². The molecule has 2 aromatic rings. The predicted octanol–water partition coefficient (Wildman–Crippen LogP) is 2.27. The lowest BCUT2D eigenvalue weighted by Gasteiger charge is -2.31. The zero-order chi connectivity index (χ0) is 13.9. The highest BCUT2D eigenvalue weighted by molar-refractivity contribution is 5.79. The molecule has 0 unspecified atom stereocenters. The van der Waals surface area contributed by atoms with Crippen molar-refractivity contribution in [3.8, 4) is 0 Å². The largest absolute Gasteiger partial charge is 0.361 e. The van der Waals surface area contributed by atoms with Gasteiger partial charge >= 0.3 is 0 Å². The molecule has 0 aliphatic carbocycles. The van der Waals surface area contributed by atoms with Crippen molar-refractivity contribution in [3.63, 3.8) is 0 Å². The fourth-order valence-corrected chi connectivity index (χ4v) is 2.87. The molecule has 1 aliphatic heterocycles. The standard InChI is InChI=1S/C16H21N3O/c1-12(20)19-8-5-15(6-9-19)18-11-13-2-3-14-4-7-17-16(14)10-13/h2-4,7,10,15,17-18H,5-6,8-9,11H2,1H3. The van der Waals surface area contributed by atoms with Crippen LogP contribution in [0.3, 0.4) is 0 Å². The number of aromatic nitrogens is 1. The molecule has 1 aliphatic rings. The maximum Gasteiger partial charge on any atom is 0.219 e. The van der Waals surface area contributed by atoms with Crippen LogP contribution in [0.2, 0.25) is 0 Å². The summed E-state index contributed by atoms with van der Waals surface area (Å²) in [6.45, 7) is 4.30. The summed E-state index contributed by atoms with van der Waals surface area (Å²) in [4.78, 5) is 16.5. The first-order valence-corrected chi connectivity index (χ1v) is 7.27. The number of piperidine rings is 1. The van der Waals surface area contributed by atoms with Gasteiger partial charge in [-0.25, -0.2) is 0 Å². The zero-order valence-corrected chi connectivity index (χ0v) is 11.9. The summed E-state index contributed by atoms with van der Waals surface area (Å²) in [5, 5.41) is 4.86. The monoisotopic (exact) mass is 271 g/mol. The smallest absolute Gasteiger partial charge is 0.219 e. The molecule has 1 aromatic heterocycles. The second kappa shape index (κ2) is 5.67. The minimum Gasteiger partial charge on any atom is -0.361 e. The van der Waals surface area contributed by atoms with Crippen molar-refractivity contribution in [2.45, 2.75) is 32.4 Å². The number of likely N-dealkylation sites (tertiary alicyclic amines) is 1. The van der Waals surface area contributed by atoms with Crippen molar-refractivity contribution in [3.05, 3.63) is 36.0 Å². The van der Waals surface area contributed by atoms with E-state index in [1.165, 1.54) is 16.5 Å². The lowest BCUT2D eigenvalue weighted by Crippen LogP contribution is -2.43. The Kier molecular flexibility index (Phi) is 3.74. The number of rotatable bonds is 3. The molecule has 0 bridgehead atoms. The molecular formula is C16H21N3O. The lowest BCUT2D eigenvalue weighted by molar-refractivity contribution is -0.129. The van der Waals surface area contributed by atoms with Crippen molar-refractivity contribution in [1.29, 1.82) is 0 Å². The van der Waals surface area contributed by atoms with E-state index in [2.05, 4.69) is 34.6 Å². The van der Waals surface area contributed by atoms with Gasteiger partial charge in [0, 0.05) is 44.3 Å². The van der Waals surface area contributed by atoms with Gasteiger partial charge in [0.25, 0.3) is 0 Å². The van der Waals surface area contributed by atoms with E-state index in [0.717, 1.165) is 32.5 Å². The van der Waals surface area contributed by atoms with Crippen LogP contribution >= 0.6 is 0 Å². The molecule has 4 nitrogen and oxygen atoms in total. The molecule has 1 fully saturated rings. The summed E-state index contributed by atoms with van der Waals surface area (Å²) in [6, 6.07) is 9.14. The van der Waals surface area contributed by atoms with Crippen LogP contribution < -0.4 is 5.32 Å². The highest BCUT2D eigenvalue weighted by Crippen LogP contribution is 2.15. The van der Waals surface area contributed by atoms with Gasteiger partial charge in [0.2, 0.25) is 5.91 Å². The van der Waals surface area contributed by atoms with Gasteiger partial charge in [-0.3, -0.25) is 4.79 Å². The van der Waals surface area contributed by atoms with Gasteiger partial charge in [0.1, 0.15) is 0 Å². The average molecular weight is 271 g/mol. The first-order chi connectivity index (χ1) is 9.72. The molecular weight excluding hydrogens is 250 g/mol. The molecule has 0 spiro atoms. The van der Waals surface area contributed by atoms with Gasteiger partial charge in [0.05, 0.1) is 0 Å². The quantitative estimate of drug-likeness (QED) is 0.899. The third kappa shape index (κ3) is 2.85. The van der Waals surface area contributed by atoms with Crippen molar-refractivity contribution < 1.29 is 4.79 Å². The number of hydrogen-bond acceptors (Lipinski definition) is 2. The lowest BCUT2D eigenvalue weighted by atomic mass is 10.0. The number of hydrogen-bond donors (Lipinski definition) is 2. The number of carbonyl (C=O) groups is 1. The molecule has 3 rings (SSSR count). The molecule has 0 radical (unpaired) electrons. The summed E-state index contributed by atoms with van der Waals surface area (Å²) in [5.41, 5.74) is 2.49. The number of amides is 1. The second-order valence-electron chi connectivity index (χ2n) is 5.56. The number of aromatic amines is 1. The average Bonchev–Trinajstić information content (AvgIpc) is 2.93. The fraction of sp³-hybridized carbons (Fsp3) is 0.438. The van der Waals surface area contributed by atoms with Crippen LogP contribution in [0.1, 0.15) is 25.3 Å². The SMILES string of the molecule is CC(=O)N1CCC(NCc2ccc3cc[nH]c3c2)CC1. The Morgan fingerprint density at radius 3 is 2.90 bits per heavy atom. The fourth-order valence-electron chi connectivity index (χ4n) is 2.87. The number of carbonyl (C=O) groups excluding carboxylic acids is 1. The molecule has 1 amide bonds. The number of H-pyrrole nitrogens is 1. The molecule has 1 aromatic carbocycles. The van der Waals surface area contributed by atoms with Crippen LogP contribution in [0, 0.1) is 0 Å². The molecule has 2 heterocycles. The molecule has 0 atom stereocenters. The van der Waals surface area contributed by atoms with Crippen LogP contribution in [-0.4, -0.2) is 34.9 Å². The highest BCUT2D eigenvalue weighted by Gasteiger charge is 2.19. The van der Waals surface area contributed by atoms with E-state index >= 15 is 0 Å². The topological polar surface area (TPSA) is 48.1 Å². The molecule has 2 N–H and O–H groups in total. The van der Waals surface area contributed by atoms with E-state index in [-0.39, 0.29) is 5.91 Å². The van der Waals surface area contributed by atoms with Gasteiger partial charge in [-0.2, -0.15) is 0 Å². The van der Waals surface area contributed by atoms with Crippen molar-refractivity contribution in [2.24, 2.45) is 0 Å². The van der Waals surface area contributed by atoms with Crippen molar-refractivity contribution in [1.82, 2.24) is 15.2 Å². The Hall–Kier alpha value is -1.81. The minimum absolute atomic E-state index is 0.195. The Balaban J connectivity index is 1.53. The first-order valence-electron chi connectivity index (χ1n) is 7.27. The molecule has 4 heteroatoms. The predicted molar refractivity (Wildman–Crippen MR) is 80.4 cm³/mol. The van der Waals surface area contributed by atoms with E-state index in [1.807, 2.05) is 11.1 Å². The van der Waals surface area contributed by atoms with Crippen molar-refractivity contribution in [2.75, 3.05) is 13.1 Å². The normalized spacial score (nSPS) is 16.8. The maximum absolute atomic E-state index is 11.3. The van der Waals surface area contributed by atoms with E-state index in [0.29, 0.717) is 6.04 Å². The van der Waals surface area contributed by atoms with Crippen LogP contribution in [0.4, 0.5) is 0 Å². The number of fused-ring (bicyclic) bond motifs is 1. The van der Waals surface area contributed by atoms with Crippen LogP contribution in [0.5, 0.6) is 0 Å². The minimum atomic E-state index is 0.195. The number of nitrogens with one attached hydrogen (secondary N) is 2. The third-order valence-electron chi connectivity index (χ3n) is 4.15. The zero-order valence-electron chi connectivity index (χ0n) is 11.9. The number of benzene rings is 1. The Morgan fingerprint density at radius 1 is 1.35 bits per heavy atom. The summed E-state index contributed by atoms with van der Waals surface area (Å²) < 4.78 is 0. The van der Waals surface area contributed by atoms with Crippen LogP contribution in [0.15, 0.2) is 30.5 Å². The number of nitrogens with zero attached hydrogens (tertiary/aromatic N) is 1. The third-order valence-corrected chi connectivity index (χ3v) is 4.15. The molecule has 20 heavy (non-hydrogen) atoms. The van der Waals surface area contributed by atoms with Crippen LogP contribution in [-0.2, 0) is 11.3 Å². The Bertz CT molecular complexity index is 597. The Labute approximate surface area is 119 Å². The molecule has 1 saturated heterocycles. The maximum atomic E-state index is 11.3. The van der Waals surface area contributed by atoms with Gasteiger partial charge in [-0.05, 0) is 35.9 Å². The van der Waals surface area contributed by atoms with Crippen molar-refractivity contribution >= 4 is 16.8 Å². The molecule has 0 saturated carbocycles. The second-order valence-corrected chi connectivity index (χ2v) is 5.56. The van der Waals surface area contributed by atoms with E-state index in [9.17, 15) is 4.79 Å². The summed E-state index contributed by atoms with van der Waals surface area (Å²) >= 11 is 0. The van der Waals surface area contributed by atoms with E-state index in [4.69, 9.17) is 0 Å². The summed E-state index contributed by atoms with van der Waals surface area (Å²) in [7, 11) is 0. The molecule has 106 valence electrons. The van der Waals surface area contributed by atoms with E-state index in [1.54, 1.807) is 6.92 Å². The van der Waals surface area contributed by atoms with Gasteiger partial charge in [-0.1, -0.05) is 12.1 Å². The summed E-state index contributed by atoms with van der Waals surface area (Å²) in [6.07, 6.45) is 4.06. The van der Waals surface area contributed by atoms with Gasteiger partial charge in [-0.15, -0.1) is 0 Å². The highest BCUT2D eigenvalue weighted by atomic mass is 16.2. The van der Waals surface area contributed by atoms with Gasteiger partial charge < -0.3 is 15.2 Å².